The molecule has 2 saturated heterocycles. The van der Waals surface area contributed by atoms with Crippen molar-refractivity contribution in [2.24, 2.45) is 0 Å². The number of rotatable bonds is 7. The van der Waals surface area contributed by atoms with Crippen LogP contribution in [0.5, 0.6) is 5.75 Å². The van der Waals surface area contributed by atoms with Gasteiger partial charge in [0.25, 0.3) is 0 Å². The van der Waals surface area contributed by atoms with Gasteiger partial charge in [-0.05, 0) is 25.0 Å². The first-order valence-electron chi connectivity index (χ1n) is 11.1. The standard InChI is InChI=1S/C22H30ClN7O3/c1-33-19-12-16(2-3-18(19)26-22-25-13-17(23)21(24)27-22)29-6-4-15(5-7-29)30-10-8-28(9-11-30)14-20(31)32/h2-3,12-13,15H,4-11,14H2,1H3,(H,31,32)(H3,24,25,26,27). The molecule has 10 nitrogen and oxygen atoms in total. The number of piperidine rings is 1. The molecule has 1 aromatic carbocycles. The molecule has 4 rings (SSSR count). The van der Waals surface area contributed by atoms with E-state index in [0.717, 1.165) is 63.5 Å². The Morgan fingerprint density at radius 1 is 1.24 bits per heavy atom. The predicted molar refractivity (Wildman–Crippen MR) is 129 cm³/mol. The Balaban J connectivity index is 1.34. The molecular formula is C22H30ClN7O3. The van der Waals surface area contributed by atoms with Crippen LogP contribution in [-0.4, -0.2) is 89.8 Å². The fourth-order valence-electron chi connectivity index (χ4n) is 4.51. The molecule has 2 aliphatic rings. The number of hydrogen-bond donors (Lipinski definition) is 3. The van der Waals surface area contributed by atoms with E-state index in [4.69, 9.17) is 27.2 Å². The molecule has 11 heteroatoms. The van der Waals surface area contributed by atoms with Crippen LogP contribution in [0.15, 0.2) is 24.4 Å². The third kappa shape index (κ3) is 5.76. The summed E-state index contributed by atoms with van der Waals surface area (Å²) < 4.78 is 5.60. The van der Waals surface area contributed by atoms with E-state index >= 15 is 0 Å². The number of nitrogens with zero attached hydrogens (tertiary/aromatic N) is 5. The Labute approximate surface area is 198 Å². The summed E-state index contributed by atoms with van der Waals surface area (Å²) in [5.41, 5.74) is 7.62. The molecule has 0 spiro atoms. The number of nitrogens with two attached hydrogens (primary N) is 1. The van der Waals surface area contributed by atoms with E-state index in [1.54, 1.807) is 7.11 Å². The van der Waals surface area contributed by atoms with Crippen LogP contribution in [0, 0.1) is 0 Å². The topological polar surface area (TPSA) is 120 Å². The predicted octanol–water partition coefficient (Wildman–Crippen LogP) is 2.14. The number of carboxylic acids is 1. The van der Waals surface area contributed by atoms with E-state index in [9.17, 15) is 4.79 Å². The van der Waals surface area contributed by atoms with Gasteiger partial charge in [0.1, 0.15) is 16.6 Å². The quantitative estimate of drug-likeness (QED) is 0.549. The normalized spacial score (nSPS) is 18.3. The second-order valence-electron chi connectivity index (χ2n) is 8.36. The first-order chi connectivity index (χ1) is 15.9. The summed E-state index contributed by atoms with van der Waals surface area (Å²) in [6.45, 7) is 5.57. The molecule has 1 aromatic heterocycles. The number of aliphatic carboxylic acids is 1. The number of ether oxygens (including phenoxy) is 1. The summed E-state index contributed by atoms with van der Waals surface area (Å²) >= 11 is 5.90. The SMILES string of the molecule is COc1cc(N2CCC(N3CCN(CC(=O)O)CC3)CC2)ccc1Nc1ncc(Cl)c(N)n1. The smallest absolute Gasteiger partial charge is 0.317 e. The van der Waals surface area contributed by atoms with Crippen LogP contribution in [0.1, 0.15) is 12.8 Å². The van der Waals surface area contributed by atoms with Gasteiger partial charge in [0.05, 0.1) is 25.5 Å². The van der Waals surface area contributed by atoms with E-state index in [2.05, 4.69) is 31.2 Å². The van der Waals surface area contributed by atoms with E-state index in [1.807, 2.05) is 17.0 Å². The molecule has 2 aromatic rings. The summed E-state index contributed by atoms with van der Waals surface area (Å²) in [7, 11) is 1.64. The minimum absolute atomic E-state index is 0.135. The zero-order valence-electron chi connectivity index (χ0n) is 18.7. The highest BCUT2D eigenvalue weighted by atomic mass is 35.5. The molecule has 3 heterocycles. The third-order valence-electron chi connectivity index (χ3n) is 6.31. The van der Waals surface area contributed by atoms with Gasteiger partial charge in [-0.15, -0.1) is 0 Å². The summed E-state index contributed by atoms with van der Waals surface area (Å²) in [6, 6.07) is 6.58. The van der Waals surface area contributed by atoms with Crippen molar-refractivity contribution in [3.63, 3.8) is 0 Å². The number of halogens is 1. The first kappa shape index (κ1) is 23.3. The number of carbonyl (C=O) groups is 1. The van der Waals surface area contributed by atoms with Gasteiger partial charge >= 0.3 is 5.97 Å². The van der Waals surface area contributed by atoms with E-state index in [1.165, 1.54) is 6.20 Å². The first-order valence-corrected chi connectivity index (χ1v) is 11.5. The van der Waals surface area contributed by atoms with Crippen LogP contribution in [-0.2, 0) is 4.79 Å². The van der Waals surface area contributed by atoms with Crippen LogP contribution in [0.3, 0.4) is 0 Å². The Kier molecular flexibility index (Phi) is 7.36. The van der Waals surface area contributed by atoms with Crippen molar-refractivity contribution in [3.05, 3.63) is 29.4 Å². The lowest BCUT2D eigenvalue weighted by molar-refractivity contribution is -0.138. The summed E-state index contributed by atoms with van der Waals surface area (Å²) in [5.74, 6) is 0.516. The van der Waals surface area contributed by atoms with Crippen LogP contribution in [0.25, 0.3) is 0 Å². The number of hydrogen-bond acceptors (Lipinski definition) is 9. The lowest BCUT2D eigenvalue weighted by Gasteiger charge is -2.43. The van der Waals surface area contributed by atoms with Gasteiger partial charge in [-0.2, -0.15) is 4.98 Å². The van der Waals surface area contributed by atoms with Gasteiger partial charge in [0, 0.05) is 57.1 Å². The van der Waals surface area contributed by atoms with E-state index in [0.29, 0.717) is 22.8 Å². The van der Waals surface area contributed by atoms with Gasteiger partial charge in [0.2, 0.25) is 5.95 Å². The summed E-state index contributed by atoms with van der Waals surface area (Å²) in [6.07, 6.45) is 3.63. The average Bonchev–Trinajstić information content (AvgIpc) is 2.82. The van der Waals surface area contributed by atoms with Crippen LogP contribution in [0.4, 0.5) is 23.1 Å². The molecule has 0 radical (unpaired) electrons. The zero-order valence-corrected chi connectivity index (χ0v) is 19.5. The molecule has 2 aliphatic heterocycles. The van der Waals surface area contributed by atoms with E-state index in [-0.39, 0.29) is 12.4 Å². The number of piperazine rings is 1. The van der Waals surface area contributed by atoms with Crippen LogP contribution < -0.4 is 20.7 Å². The lowest BCUT2D eigenvalue weighted by Crippen LogP contribution is -2.53. The maximum atomic E-state index is 10.9. The summed E-state index contributed by atoms with van der Waals surface area (Å²) in [5, 5.41) is 12.4. The second-order valence-corrected chi connectivity index (χ2v) is 8.77. The van der Waals surface area contributed by atoms with Crippen molar-refractivity contribution in [2.75, 3.05) is 68.9 Å². The van der Waals surface area contributed by atoms with Crippen molar-refractivity contribution < 1.29 is 14.6 Å². The zero-order chi connectivity index (χ0) is 23.4. The molecule has 0 saturated carbocycles. The molecule has 0 amide bonds. The number of nitrogen functional groups attached to an aromatic ring is 1. The monoisotopic (exact) mass is 475 g/mol. The fourth-order valence-corrected chi connectivity index (χ4v) is 4.60. The average molecular weight is 476 g/mol. The highest BCUT2D eigenvalue weighted by molar-refractivity contribution is 6.32. The number of carboxylic acid groups (broad SMARTS) is 1. The molecule has 2 fully saturated rings. The number of nitrogens with one attached hydrogen (secondary N) is 1. The highest BCUT2D eigenvalue weighted by Crippen LogP contribution is 2.33. The largest absolute Gasteiger partial charge is 0.494 e. The number of aromatic nitrogens is 2. The van der Waals surface area contributed by atoms with Crippen molar-refractivity contribution >= 4 is 40.7 Å². The van der Waals surface area contributed by atoms with Crippen molar-refractivity contribution in [1.82, 2.24) is 19.8 Å². The number of anilines is 4. The third-order valence-corrected chi connectivity index (χ3v) is 6.61. The molecule has 33 heavy (non-hydrogen) atoms. The maximum Gasteiger partial charge on any atom is 0.317 e. The van der Waals surface area contributed by atoms with Crippen LogP contribution in [0.2, 0.25) is 5.02 Å². The van der Waals surface area contributed by atoms with Crippen molar-refractivity contribution in [1.29, 1.82) is 0 Å². The minimum atomic E-state index is -0.752. The van der Waals surface area contributed by atoms with Gasteiger partial charge in [-0.3, -0.25) is 14.6 Å². The molecule has 0 bridgehead atoms. The van der Waals surface area contributed by atoms with Gasteiger partial charge in [0.15, 0.2) is 0 Å². The fraction of sp³-hybridized carbons (Fsp3) is 0.500. The lowest BCUT2D eigenvalue weighted by atomic mass is 10.0. The molecule has 178 valence electrons. The molecule has 0 atom stereocenters. The molecular weight excluding hydrogens is 446 g/mol. The van der Waals surface area contributed by atoms with Gasteiger partial charge in [-0.1, -0.05) is 11.6 Å². The Hall–Kier alpha value is -2.82. The minimum Gasteiger partial charge on any atom is -0.494 e. The van der Waals surface area contributed by atoms with Gasteiger partial charge in [-0.25, -0.2) is 4.98 Å². The molecule has 0 aliphatic carbocycles. The van der Waals surface area contributed by atoms with Crippen molar-refractivity contribution in [2.45, 2.75) is 18.9 Å². The van der Waals surface area contributed by atoms with Gasteiger partial charge < -0.3 is 25.8 Å². The maximum absolute atomic E-state index is 10.9. The molecule has 4 N–H and O–H groups in total. The number of benzene rings is 1. The Morgan fingerprint density at radius 3 is 2.61 bits per heavy atom. The number of methoxy groups -OCH3 is 1. The second kappa shape index (κ2) is 10.4. The van der Waals surface area contributed by atoms with Crippen LogP contribution >= 0.6 is 11.6 Å². The molecule has 0 unspecified atom stereocenters. The highest BCUT2D eigenvalue weighted by Gasteiger charge is 2.28. The van der Waals surface area contributed by atoms with Crippen molar-refractivity contribution in [3.8, 4) is 5.75 Å². The summed E-state index contributed by atoms with van der Waals surface area (Å²) in [4.78, 5) is 26.1. The Morgan fingerprint density at radius 2 is 1.97 bits per heavy atom. The Bertz CT molecular complexity index is 976. The van der Waals surface area contributed by atoms with E-state index < -0.39 is 5.97 Å².